The fraction of sp³-hybridized carbons (Fsp3) is 0.533. The summed E-state index contributed by atoms with van der Waals surface area (Å²) in [6.45, 7) is 4.95. The fourth-order valence-electron chi connectivity index (χ4n) is 2.12. The molecule has 3 atom stereocenters. The Morgan fingerprint density at radius 2 is 1.94 bits per heavy atom. The van der Waals surface area contributed by atoms with Gasteiger partial charge in [0.25, 0.3) is 0 Å². The van der Waals surface area contributed by atoms with Crippen LogP contribution in [0.25, 0.3) is 0 Å². The molecule has 1 heterocycles. The summed E-state index contributed by atoms with van der Waals surface area (Å²) in [5.41, 5.74) is 0. The van der Waals surface area contributed by atoms with Crippen LogP contribution >= 0.6 is 11.8 Å². The molecule has 18 heavy (non-hydrogen) atoms. The Kier molecular flexibility index (Phi) is 4.70. The number of benzene rings is 1. The van der Waals surface area contributed by atoms with Gasteiger partial charge in [0.15, 0.2) is 0 Å². The Hall–Kier alpha value is -0.960. The van der Waals surface area contributed by atoms with E-state index in [-0.39, 0.29) is 11.9 Å². The van der Waals surface area contributed by atoms with Crippen molar-refractivity contribution >= 4 is 17.7 Å². The van der Waals surface area contributed by atoms with Crippen LogP contribution in [0.2, 0.25) is 0 Å². The molecule has 0 bridgehead atoms. The van der Waals surface area contributed by atoms with E-state index in [9.17, 15) is 4.79 Å². The zero-order valence-electron chi connectivity index (χ0n) is 11.0. The van der Waals surface area contributed by atoms with Gasteiger partial charge in [0.05, 0.1) is 12.5 Å². The summed E-state index contributed by atoms with van der Waals surface area (Å²) >= 11 is 1.74. The van der Waals surface area contributed by atoms with Gasteiger partial charge in [0.2, 0.25) is 0 Å². The molecule has 2 rings (SSSR count). The highest BCUT2D eigenvalue weighted by atomic mass is 32.2. The van der Waals surface area contributed by atoms with Crippen molar-refractivity contribution in [3.8, 4) is 0 Å². The number of carbonyl (C=O) groups excluding carboxylic acids is 1. The lowest BCUT2D eigenvalue weighted by Gasteiger charge is -2.16. The number of thioether (sulfide) groups is 1. The average molecular weight is 264 g/mol. The second-order valence-corrected chi connectivity index (χ2v) is 6.23. The normalized spacial score (nSPS) is 28.6. The molecule has 1 aromatic rings. The SMILES string of the molecule is C[C@H]1COC(=O)C(CSc2ccccc2)C[C@@H]1C. The molecule has 0 N–H and O–H groups in total. The molecule has 1 unspecified atom stereocenters. The van der Waals surface area contributed by atoms with E-state index in [1.165, 1.54) is 4.90 Å². The van der Waals surface area contributed by atoms with E-state index in [0.29, 0.717) is 18.4 Å². The monoisotopic (exact) mass is 264 g/mol. The molecule has 98 valence electrons. The number of carbonyl (C=O) groups is 1. The van der Waals surface area contributed by atoms with Crippen LogP contribution in [0.4, 0.5) is 0 Å². The Balaban J connectivity index is 1.93. The number of esters is 1. The van der Waals surface area contributed by atoms with Crippen molar-refractivity contribution in [2.75, 3.05) is 12.4 Å². The molecule has 0 amide bonds. The highest BCUT2D eigenvalue weighted by molar-refractivity contribution is 7.99. The highest BCUT2D eigenvalue weighted by Crippen LogP contribution is 2.30. The quantitative estimate of drug-likeness (QED) is 0.616. The van der Waals surface area contributed by atoms with Gasteiger partial charge in [-0.1, -0.05) is 32.0 Å². The van der Waals surface area contributed by atoms with Gasteiger partial charge >= 0.3 is 5.97 Å². The summed E-state index contributed by atoms with van der Waals surface area (Å²) in [6, 6.07) is 10.2. The molecule has 1 aliphatic rings. The lowest BCUT2D eigenvalue weighted by atomic mass is 9.89. The van der Waals surface area contributed by atoms with E-state index in [1.54, 1.807) is 11.8 Å². The smallest absolute Gasteiger partial charge is 0.309 e. The van der Waals surface area contributed by atoms with Crippen molar-refractivity contribution in [2.24, 2.45) is 17.8 Å². The second-order valence-electron chi connectivity index (χ2n) is 5.14. The molecule has 2 nitrogen and oxygen atoms in total. The van der Waals surface area contributed by atoms with E-state index < -0.39 is 0 Å². The Morgan fingerprint density at radius 1 is 1.22 bits per heavy atom. The molecule has 3 heteroatoms. The van der Waals surface area contributed by atoms with Crippen LogP contribution in [0, 0.1) is 17.8 Å². The molecule has 0 aliphatic carbocycles. The topological polar surface area (TPSA) is 26.3 Å². The van der Waals surface area contributed by atoms with Crippen molar-refractivity contribution in [2.45, 2.75) is 25.2 Å². The number of cyclic esters (lactones) is 1. The van der Waals surface area contributed by atoms with Crippen molar-refractivity contribution < 1.29 is 9.53 Å². The zero-order valence-corrected chi connectivity index (χ0v) is 11.8. The van der Waals surface area contributed by atoms with Crippen molar-refractivity contribution in [1.29, 1.82) is 0 Å². The van der Waals surface area contributed by atoms with Crippen LogP contribution < -0.4 is 0 Å². The minimum Gasteiger partial charge on any atom is -0.465 e. The molecule has 0 saturated carbocycles. The van der Waals surface area contributed by atoms with Gasteiger partial charge in [-0.25, -0.2) is 0 Å². The highest BCUT2D eigenvalue weighted by Gasteiger charge is 2.29. The van der Waals surface area contributed by atoms with Crippen LogP contribution in [-0.4, -0.2) is 18.3 Å². The minimum absolute atomic E-state index is 0.0189. The van der Waals surface area contributed by atoms with Crippen LogP contribution in [0.1, 0.15) is 20.3 Å². The number of ether oxygens (including phenoxy) is 1. The van der Waals surface area contributed by atoms with E-state index >= 15 is 0 Å². The van der Waals surface area contributed by atoms with Crippen molar-refractivity contribution in [1.82, 2.24) is 0 Å². The molecule has 0 spiro atoms. The van der Waals surface area contributed by atoms with E-state index in [0.717, 1.165) is 12.2 Å². The maximum Gasteiger partial charge on any atom is 0.309 e. The van der Waals surface area contributed by atoms with Crippen LogP contribution in [-0.2, 0) is 9.53 Å². The Bertz CT molecular complexity index is 391. The van der Waals surface area contributed by atoms with Crippen molar-refractivity contribution in [3.05, 3.63) is 30.3 Å². The molecule has 1 aliphatic heterocycles. The van der Waals surface area contributed by atoms with E-state index in [2.05, 4.69) is 26.0 Å². The summed E-state index contributed by atoms with van der Waals surface area (Å²) in [6.07, 6.45) is 0.944. The molecule has 0 radical (unpaired) electrons. The first kappa shape index (κ1) is 13.5. The van der Waals surface area contributed by atoms with Gasteiger partial charge in [-0.2, -0.15) is 0 Å². The summed E-state index contributed by atoms with van der Waals surface area (Å²) < 4.78 is 5.33. The molecular formula is C15H20O2S. The summed E-state index contributed by atoms with van der Waals surface area (Å²) in [5, 5.41) is 0. The maximum atomic E-state index is 11.9. The molecule has 1 aromatic carbocycles. The molecule has 1 fully saturated rings. The first-order valence-electron chi connectivity index (χ1n) is 6.51. The average Bonchev–Trinajstić information content (AvgIpc) is 2.51. The third-order valence-corrected chi connectivity index (χ3v) is 4.82. The van der Waals surface area contributed by atoms with Crippen molar-refractivity contribution in [3.63, 3.8) is 0 Å². The number of hydrogen-bond donors (Lipinski definition) is 0. The minimum atomic E-state index is -0.0189. The second kappa shape index (κ2) is 6.28. The van der Waals surface area contributed by atoms with Crippen LogP contribution in [0.3, 0.4) is 0 Å². The van der Waals surface area contributed by atoms with E-state index in [1.807, 2.05) is 18.2 Å². The van der Waals surface area contributed by atoms with Crippen LogP contribution in [0.15, 0.2) is 35.2 Å². The maximum absolute atomic E-state index is 11.9. The molecule has 0 aromatic heterocycles. The van der Waals surface area contributed by atoms with E-state index in [4.69, 9.17) is 4.74 Å². The fourth-order valence-corrected chi connectivity index (χ4v) is 3.14. The third-order valence-electron chi connectivity index (χ3n) is 3.64. The number of rotatable bonds is 3. The molecular weight excluding hydrogens is 244 g/mol. The Labute approximate surface area is 113 Å². The predicted molar refractivity (Wildman–Crippen MR) is 74.6 cm³/mol. The number of hydrogen-bond acceptors (Lipinski definition) is 3. The van der Waals surface area contributed by atoms with Gasteiger partial charge < -0.3 is 4.74 Å². The van der Waals surface area contributed by atoms with Gasteiger partial charge in [-0.3, -0.25) is 4.79 Å². The first-order chi connectivity index (χ1) is 8.66. The zero-order chi connectivity index (χ0) is 13.0. The standard InChI is InChI=1S/C15H20O2S/c1-11-8-13(15(16)17-9-12(11)2)10-18-14-6-4-3-5-7-14/h3-7,11-13H,8-10H2,1-2H3/t11-,12-,13?/m0/s1. The predicted octanol–water partition coefficient (Wildman–Crippen LogP) is 3.61. The largest absolute Gasteiger partial charge is 0.465 e. The van der Waals surface area contributed by atoms with Gasteiger partial charge in [0.1, 0.15) is 0 Å². The van der Waals surface area contributed by atoms with Gasteiger partial charge in [-0.05, 0) is 30.4 Å². The first-order valence-corrected chi connectivity index (χ1v) is 7.50. The van der Waals surface area contributed by atoms with Gasteiger partial charge in [-0.15, -0.1) is 11.8 Å². The lowest BCUT2D eigenvalue weighted by molar-refractivity contribution is -0.147. The summed E-state index contributed by atoms with van der Waals surface area (Å²) in [4.78, 5) is 13.1. The van der Waals surface area contributed by atoms with Gasteiger partial charge in [0, 0.05) is 10.6 Å². The Morgan fingerprint density at radius 3 is 2.67 bits per heavy atom. The summed E-state index contributed by atoms with van der Waals surface area (Å²) in [7, 11) is 0. The third kappa shape index (κ3) is 3.52. The molecule has 1 saturated heterocycles. The van der Waals surface area contributed by atoms with Crippen LogP contribution in [0.5, 0.6) is 0 Å². The lowest BCUT2D eigenvalue weighted by Crippen LogP contribution is -2.18. The summed E-state index contributed by atoms with van der Waals surface area (Å²) in [5.74, 6) is 1.86.